The summed E-state index contributed by atoms with van der Waals surface area (Å²) in [6, 6.07) is 18.1. The normalized spacial score (nSPS) is 18.3. The lowest BCUT2D eigenvalue weighted by molar-refractivity contribution is -0.155. The molecule has 0 bridgehead atoms. The third kappa shape index (κ3) is 17.6. The van der Waals surface area contributed by atoms with E-state index in [0.29, 0.717) is 60.4 Å². The van der Waals surface area contributed by atoms with E-state index in [-0.39, 0.29) is 92.5 Å². The van der Waals surface area contributed by atoms with Gasteiger partial charge in [0.1, 0.15) is 35.9 Å². The van der Waals surface area contributed by atoms with Gasteiger partial charge in [0.05, 0.1) is 61.0 Å². The van der Waals surface area contributed by atoms with Gasteiger partial charge in [-0.2, -0.15) is 0 Å². The number of hydrogen-bond donors (Lipinski definition) is 3. The van der Waals surface area contributed by atoms with Crippen LogP contribution in [0.2, 0.25) is 5.02 Å². The number of amides is 6. The summed E-state index contributed by atoms with van der Waals surface area (Å²) in [6.07, 6.45) is 11.3. The van der Waals surface area contributed by atoms with Gasteiger partial charge < -0.3 is 34.5 Å². The number of allylic oxidation sites excluding steroid dienone is 2. The Bertz CT molecular complexity index is 3120. The summed E-state index contributed by atoms with van der Waals surface area (Å²) in [5.41, 5.74) is 3.99. The summed E-state index contributed by atoms with van der Waals surface area (Å²) in [6.45, 7) is 14.2. The number of aromatic nitrogens is 3. The lowest BCUT2D eigenvalue weighted by Gasteiger charge is -2.27. The second-order valence-corrected chi connectivity index (χ2v) is 25.0. The van der Waals surface area contributed by atoms with Gasteiger partial charge in [0.15, 0.2) is 5.82 Å². The Labute approximate surface area is 513 Å². The van der Waals surface area contributed by atoms with Gasteiger partial charge in [0.25, 0.3) is 11.8 Å². The summed E-state index contributed by atoms with van der Waals surface area (Å²) in [5.74, 6) is -0.654. The number of imide groups is 2. The van der Waals surface area contributed by atoms with Crippen LogP contribution in [0, 0.1) is 12.8 Å². The van der Waals surface area contributed by atoms with Crippen LogP contribution < -0.4 is 20.7 Å². The Morgan fingerprint density at radius 1 is 0.779 bits per heavy atom. The van der Waals surface area contributed by atoms with Crippen molar-refractivity contribution in [1.82, 2.24) is 29.9 Å². The Balaban J connectivity index is 0.770. The largest absolute Gasteiger partial charge is 0.491 e. The van der Waals surface area contributed by atoms with Crippen molar-refractivity contribution >= 4 is 81.9 Å². The molecule has 22 heteroatoms. The molecule has 1 saturated heterocycles. The molecule has 1 fully saturated rings. The zero-order valence-corrected chi connectivity index (χ0v) is 52.0. The summed E-state index contributed by atoms with van der Waals surface area (Å²) >= 11 is 8.07. The predicted molar refractivity (Wildman–Crippen MR) is 330 cm³/mol. The first-order chi connectivity index (χ1) is 41.4. The number of piperidine rings is 1. The van der Waals surface area contributed by atoms with Crippen molar-refractivity contribution in [3.8, 4) is 5.75 Å². The lowest BCUT2D eigenvalue weighted by atomic mass is 9.90. The van der Waals surface area contributed by atoms with Gasteiger partial charge in [0.2, 0.25) is 23.6 Å². The van der Waals surface area contributed by atoms with Crippen molar-refractivity contribution in [1.29, 1.82) is 0 Å². The molecule has 8 rings (SSSR count). The number of nitrogens with one attached hydrogen (secondary N) is 3. The average molecular weight is 1220 g/mol. The smallest absolute Gasteiger partial charge is 0.306 e. The highest BCUT2D eigenvalue weighted by Crippen LogP contribution is 2.53. The monoisotopic (exact) mass is 1220 g/mol. The first-order valence-electron chi connectivity index (χ1n) is 30.2. The highest BCUT2D eigenvalue weighted by atomic mass is 35.5. The van der Waals surface area contributed by atoms with Crippen molar-refractivity contribution in [2.24, 2.45) is 10.9 Å². The van der Waals surface area contributed by atoms with Gasteiger partial charge in [-0.15, -0.1) is 22.0 Å². The van der Waals surface area contributed by atoms with Crippen LogP contribution in [-0.2, 0) is 38.2 Å². The fourth-order valence-electron chi connectivity index (χ4n) is 11.1. The van der Waals surface area contributed by atoms with Crippen molar-refractivity contribution in [3.05, 3.63) is 111 Å². The number of carbonyl (C=O) groups excluding carboxylic acids is 7. The minimum Gasteiger partial charge on any atom is -0.491 e. The Morgan fingerprint density at radius 2 is 1.44 bits per heavy atom. The molecule has 3 unspecified atom stereocenters. The molecule has 0 spiro atoms. The van der Waals surface area contributed by atoms with E-state index in [1.54, 1.807) is 59.1 Å². The third-order valence-electron chi connectivity index (χ3n) is 15.6. The topological polar surface area (TPSA) is 242 Å². The second kappa shape index (κ2) is 31.1. The van der Waals surface area contributed by atoms with Crippen LogP contribution in [0.4, 0.5) is 11.4 Å². The van der Waals surface area contributed by atoms with Crippen LogP contribution in [0.3, 0.4) is 0 Å². The molecule has 462 valence electrons. The molecule has 4 aromatic rings. The fourth-order valence-corrected chi connectivity index (χ4v) is 12.8. The molecule has 0 aliphatic carbocycles. The van der Waals surface area contributed by atoms with E-state index in [0.717, 1.165) is 86.2 Å². The second-order valence-electron chi connectivity index (χ2n) is 23.2. The summed E-state index contributed by atoms with van der Waals surface area (Å²) < 4.78 is 25.5. The summed E-state index contributed by atoms with van der Waals surface area (Å²) in [4.78, 5) is 99.8. The molecule has 20 nitrogen and oxygen atoms in total. The third-order valence-corrected chi connectivity index (χ3v) is 17.3. The number of aliphatic imine (C=N–C) groups is 1. The van der Waals surface area contributed by atoms with Crippen molar-refractivity contribution in [3.63, 3.8) is 0 Å². The van der Waals surface area contributed by atoms with Crippen molar-refractivity contribution in [2.45, 2.75) is 161 Å². The molecule has 0 radical (unpaired) electrons. The molecule has 0 saturated carbocycles. The van der Waals surface area contributed by atoms with Gasteiger partial charge in [-0.3, -0.25) is 53.3 Å². The zero-order valence-electron chi connectivity index (χ0n) is 50.4. The number of nitrogens with zero attached hydrogens (tertiary/aromatic N) is 6. The number of aryl methyl sites for hydroxylation is 1. The molecule has 1 aromatic heterocycles. The zero-order chi connectivity index (χ0) is 61.3. The first kappa shape index (κ1) is 65.0. The Morgan fingerprint density at radius 3 is 2.12 bits per heavy atom. The molecule has 86 heavy (non-hydrogen) atoms. The summed E-state index contributed by atoms with van der Waals surface area (Å²) in [5, 5.41) is 18.0. The number of anilines is 2. The van der Waals surface area contributed by atoms with E-state index < -0.39 is 41.3 Å². The maximum atomic E-state index is 13.7. The van der Waals surface area contributed by atoms with E-state index in [2.05, 4.69) is 44.6 Å². The number of rotatable bonds is 32. The molecular formula is C64H82ClN9O11S. The molecule has 4 aliphatic heterocycles. The van der Waals surface area contributed by atoms with Crippen LogP contribution >= 0.6 is 23.4 Å². The maximum absolute atomic E-state index is 13.7. The van der Waals surface area contributed by atoms with Crippen LogP contribution in [0.5, 0.6) is 5.75 Å². The van der Waals surface area contributed by atoms with E-state index in [9.17, 15) is 33.6 Å². The quantitative estimate of drug-likeness (QED) is 0.0234. The molecule has 3 aromatic carbocycles. The number of thioether (sulfide) groups is 1. The molecule has 5 heterocycles. The van der Waals surface area contributed by atoms with Gasteiger partial charge in [-0.05, 0) is 120 Å². The van der Waals surface area contributed by atoms with E-state index >= 15 is 0 Å². The van der Waals surface area contributed by atoms with Gasteiger partial charge in [0, 0.05) is 55.3 Å². The number of halogens is 1. The summed E-state index contributed by atoms with van der Waals surface area (Å²) in [7, 11) is 0. The number of esters is 1. The van der Waals surface area contributed by atoms with Crippen LogP contribution in [0.25, 0.3) is 0 Å². The molecular weight excluding hydrogens is 1140 g/mol. The number of fused-ring (bicyclic) bond motifs is 4. The first-order valence-corrected chi connectivity index (χ1v) is 31.5. The Hall–Kier alpha value is -6.94. The number of carbonyl (C=O) groups is 7. The van der Waals surface area contributed by atoms with Gasteiger partial charge >= 0.3 is 5.97 Å². The maximum Gasteiger partial charge on any atom is 0.306 e. The highest BCUT2D eigenvalue weighted by Gasteiger charge is 2.46. The van der Waals surface area contributed by atoms with E-state index in [1.807, 2.05) is 52.0 Å². The standard InChI is InChI=1S/C64H82ClN9O11S/c1-41-42(2)86-63-56(41)58(44-22-24-45(65)25-23-44)68-50(59-71-70-43(3)73(59)63)40-53(76)67-46-26-28-47(29-27-46)84-39-38-83-37-34-72(54(77)20-15-13-11-9-7-8-10-12-14-16-21-55(78)85-64(4,5)6)33-36-82-35-32-66-49-19-17-18-48-57(49)62(81)74(61(48)80)51-30-31-52(75)69-60(51)79/h17-19,22-29,50-51,56,63,66H,7-16,20-21,30-40H2,1-6H3,(H,67,76)(H,69,75,79)/t50-,51?,56?,63?/m0/s1. The number of hydrogen-bond acceptors (Lipinski definition) is 16. The van der Waals surface area contributed by atoms with Crippen molar-refractivity contribution in [2.75, 3.05) is 63.3 Å². The van der Waals surface area contributed by atoms with Gasteiger partial charge in [-0.1, -0.05) is 86.7 Å². The number of ether oxygens (including phenoxy) is 4. The lowest BCUT2D eigenvalue weighted by Crippen LogP contribution is -2.54. The molecule has 3 N–H and O–H groups in total. The molecule has 4 atom stereocenters. The predicted octanol–water partition coefficient (Wildman–Crippen LogP) is 10.7. The number of unbranched alkanes of at least 4 members (excludes halogenated alkanes) is 9. The fraction of sp³-hybridized carbons (Fsp3) is 0.531. The van der Waals surface area contributed by atoms with Gasteiger partial charge in [-0.25, -0.2) is 0 Å². The van der Waals surface area contributed by atoms with Crippen LogP contribution in [-0.4, -0.2) is 136 Å². The SMILES string of the molecule is CC1=C(C)C2C(c3ccc(Cl)cc3)=N[C@@H](CC(=O)Nc3ccc(OCCOCCN(CCOCCNc4cccc5c4C(=O)N(C4CCC(=O)NC4=O)C5=O)C(=O)CCCCCCCCCCCCC(=O)OC(C)(C)C)cc3)c3nnc(C)n3C2S1. The molecule has 4 aliphatic rings. The van der Waals surface area contributed by atoms with Crippen molar-refractivity contribution < 1.29 is 52.5 Å². The van der Waals surface area contributed by atoms with E-state index in [1.165, 1.54) is 10.5 Å². The van der Waals surface area contributed by atoms with E-state index in [4.69, 9.17) is 35.5 Å². The van der Waals surface area contributed by atoms with Crippen LogP contribution in [0.15, 0.2) is 82.2 Å². The van der Waals surface area contributed by atoms with Crippen LogP contribution in [0.1, 0.15) is 180 Å². The number of benzene rings is 3. The average Bonchev–Trinajstić information content (AvgIpc) is 1.82. The Kier molecular flexibility index (Phi) is 23.5. The minimum absolute atomic E-state index is 0.0146. The minimum atomic E-state index is -1.07. The molecule has 6 amide bonds. The highest BCUT2D eigenvalue weighted by molar-refractivity contribution is 8.03.